The Kier molecular flexibility index (Phi) is 2.32. The molecule has 0 unspecified atom stereocenters. The highest BCUT2D eigenvalue weighted by Crippen LogP contribution is 2.34. The van der Waals surface area contributed by atoms with Gasteiger partial charge >= 0.3 is 5.97 Å². The van der Waals surface area contributed by atoms with E-state index in [0.717, 1.165) is 4.70 Å². The average Bonchev–Trinajstić information content (AvgIpc) is 2.55. The van der Waals surface area contributed by atoms with Crippen molar-refractivity contribution in [1.82, 2.24) is 0 Å². The molecule has 78 valence electrons. The Morgan fingerprint density at radius 1 is 1.53 bits per heavy atom. The first kappa shape index (κ1) is 9.92. The van der Waals surface area contributed by atoms with E-state index in [1.165, 1.54) is 30.6 Å². The highest BCUT2D eigenvalue weighted by Gasteiger charge is 2.16. The Hall–Kier alpha value is -1.62. The molecule has 0 bridgehead atoms. The molecule has 0 atom stereocenters. The van der Waals surface area contributed by atoms with Gasteiger partial charge < -0.3 is 10.5 Å². The van der Waals surface area contributed by atoms with Crippen LogP contribution >= 0.6 is 11.3 Å². The lowest BCUT2D eigenvalue weighted by atomic mass is 10.2. The largest absolute Gasteiger partial charge is 0.465 e. The van der Waals surface area contributed by atoms with Crippen LogP contribution in [0.2, 0.25) is 0 Å². The molecule has 0 radical (unpaired) electrons. The number of anilines is 1. The Bertz CT molecular complexity index is 535. The molecule has 0 aliphatic heterocycles. The van der Waals surface area contributed by atoms with Crippen molar-refractivity contribution in [2.24, 2.45) is 0 Å². The van der Waals surface area contributed by atoms with Gasteiger partial charge in [-0.1, -0.05) is 0 Å². The number of nitrogens with two attached hydrogens (primary N) is 1. The van der Waals surface area contributed by atoms with E-state index in [9.17, 15) is 9.18 Å². The van der Waals surface area contributed by atoms with Crippen LogP contribution in [-0.2, 0) is 4.74 Å². The molecule has 0 fully saturated rings. The monoisotopic (exact) mass is 225 g/mol. The molecule has 15 heavy (non-hydrogen) atoms. The van der Waals surface area contributed by atoms with Gasteiger partial charge in [0.2, 0.25) is 0 Å². The van der Waals surface area contributed by atoms with Gasteiger partial charge in [0, 0.05) is 10.1 Å². The van der Waals surface area contributed by atoms with Crippen LogP contribution in [0.3, 0.4) is 0 Å². The quantitative estimate of drug-likeness (QED) is 0.758. The highest BCUT2D eigenvalue weighted by molar-refractivity contribution is 7.21. The summed E-state index contributed by atoms with van der Waals surface area (Å²) in [6, 6.07) is 4.24. The number of benzene rings is 1. The zero-order valence-electron chi connectivity index (χ0n) is 7.91. The smallest absolute Gasteiger partial charge is 0.350 e. The summed E-state index contributed by atoms with van der Waals surface area (Å²) in [6.45, 7) is 0. The molecule has 1 heterocycles. The first-order valence-corrected chi connectivity index (χ1v) is 5.01. The highest BCUT2D eigenvalue weighted by atomic mass is 32.1. The van der Waals surface area contributed by atoms with E-state index in [0.29, 0.717) is 10.3 Å². The van der Waals surface area contributed by atoms with E-state index in [4.69, 9.17) is 5.73 Å². The van der Waals surface area contributed by atoms with Gasteiger partial charge in [-0.15, -0.1) is 11.3 Å². The summed E-state index contributed by atoms with van der Waals surface area (Å²) in [6.07, 6.45) is 0. The molecule has 2 N–H and O–H groups in total. The molecule has 0 spiro atoms. The lowest BCUT2D eigenvalue weighted by Gasteiger charge is -1.95. The molecule has 0 aliphatic rings. The summed E-state index contributed by atoms with van der Waals surface area (Å²) in [5, 5.41) is 0.556. The number of carbonyl (C=O) groups excluding carboxylic acids is 1. The van der Waals surface area contributed by atoms with Gasteiger partial charge in [0.05, 0.1) is 12.8 Å². The van der Waals surface area contributed by atoms with Crippen molar-refractivity contribution in [2.45, 2.75) is 0 Å². The first-order chi connectivity index (χ1) is 7.13. The number of methoxy groups -OCH3 is 1. The Balaban J connectivity index is 2.69. The van der Waals surface area contributed by atoms with Crippen LogP contribution in [0.25, 0.3) is 10.1 Å². The van der Waals surface area contributed by atoms with Crippen molar-refractivity contribution in [2.75, 3.05) is 12.8 Å². The molecule has 3 nitrogen and oxygen atoms in total. The summed E-state index contributed by atoms with van der Waals surface area (Å²) >= 11 is 1.20. The summed E-state index contributed by atoms with van der Waals surface area (Å²) in [4.78, 5) is 11.6. The molecule has 0 saturated carbocycles. The number of hydrogen-bond donors (Lipinski definition) is 1. The number of rotatable bonds is 1. The normalized spacial score (nSPS) is 10.5. The van der Waals surface area contributed by atoms with Crippen molar-refractivity contribution < 1.29 is 13.9 Å². The number of halogens is 1. The van der Waals surface area contributed by atoms with E-state index in [1.807, 2.05) is 0 Å². The van der Waals surface area contributed by atoms with Crippen LogP contribution in [0.15, 0.2) is 18.2 Å². The lowest BCUT2D eigenvalue weighted by Crippen LogP contribution is -2.01. The Labute approximate surface area is 89.3 Å². The number of hydrogen-bond acceptors (Lipinski definition) is 4. The second kappa shape index (κ2) is 3.51. The van der Waals surface area contributed by atoms with E-state index in [-0.39, 0.29) is 11.5 Å². The minimum atomic E-state index is -0.492. The number of nitrogen functional groups attached to an aromatic ring is 1. The van der Waals surface area contributed by atoms with E-state index < -0.39 is 5.97 Å². The molecule has 2 aromatic rings. The first-order valence-electron chi connectivity index (χ1n) is 4.19. The topological polar surface area (TPSA) is 52.3 Å². The molecule has 2 rings (SSSR count). The summed E-state index contributed by atoms with van der Waals surface area (Å²) in [5.74, 6) is -0.863. The zero-order chi connectivity index (χ0) is 11.0. The molecular formula is C10H8FNO2S. The van der Waals surface area contributed by atoms with Gasteiger partial charge in [-0.05, 0) is 18.2 Å². The maximum absolute atomic E-state index is 12.9. The fourth-order valence-corrected chi connectivity index (χ4v) is 2.35. The zero-order valence-corrected chi connectivity index (χ0v) is 8.73. The van der Waals surface area contributed by atoms with Crippen LogP contribution in [0.1, 0.15) is 9.67 Å². The molecule has 1 aromatic heterocycles. The summed E-state index contributed by atoms with van der Waals surface area (Å²) in [5.41, 5.74) is 6.01. The maximum atomic E-state index is 12.9. The Morgan fingerprint density at radius 3 is 2.93 bits per heavy atom. The van der Waals surface area contributed by atoms with Crippen LogP contribution in [0, 0.1) is 5.82 Å². The Morgan fingerprint density at radius 2 is 2.27 bits per heavy atom. The van der Waals surface area contributed by atoms with Gasteiger partial charge in [-0.25, -0.2) is 9.18 Å². The van der Waals surface area contributed by atoms with Crippen LogP contribution in [0.4, 0.5) is 10.1 Å². The van der Waals surface area contributed by atoms with E-state index >= 15 is 0 Å². The minimum Gasteiger partial charge on any atom is -0.465 e. The SMILES string of the molecule is COC(=O)c1sc2ccc(F)cc2c1N. The summed E-state index contributed by atoms with van der Waals surface area (Å²) in [7, 11) is 1.28. The molecule has 5 heteroatoms. The van der Waals surface area contributed by atoms with Crippen molar-refractivity contribution >= 4 is 33.1 Å². The second-order valence-electron chi connectivity index (χ2n) is 2.98. The van der Waals surface area contributed by atoms with Gasteiger partial charge in [-0.2, -0.15) is 0 Å². The lowest BCUT2D eigenvalue weighted by molar-refractivity contribution is 0.0607. The van der Waals surface area contributed by atoms with Crippen molar-refractivity contribution in [1.29, 1.82) is 0 Å². The van der Waals surface area contributed by atoms with Gasteiger partial charge in [-0.3, -0.25) is 0 Å². The predicted octanol–water partition coefficient (Wildman–Crippen LogP) is 2.41. The molecule has 0 saturated heterocycles. The maximum Gasteiger partial charge on any atom is 0.350 e. The number of esters is 1. The predicted molar refractivity (Wildman–Crippen MR) is 57.5 cm³/mol. The van der Waals surface area contributed by atoms with Crippen LogP contribution in [0.5, 0.6) is 0 Å². The van der Waals surface area contributed by atoms with Gasteiger partial charge in [0.1, 0.15) is 10.7 Å². The number of thiophene rings is 1. The molecule has 0 aliphatic carbocycles. The molecule has 0 amide bonds. The number of carbonyl (C=O) groups is 1. The fraction of sp³-hybridized carbons (Fsp3) is 0.100. The van der Waals surface area contributed by atoms with Gasteiger partial charge in [0.25, 0.3) is 0 Å². The molecular weight excluding hydrogens is 217 g/mol. The third kappa shape index (κ3) is 1.55. The second-order valence-corrected chi connectivity index (χ2v) is 4.03. The third-order valence-electron chi connectivity index (χ3n) is 2.06. The van der Waals surface area contributed by atoms with Gasteiger partial charge in [0.15, 0.2) is 0 Å². The van der Waals surface area contributed by atoms with Crippen LogP contribution in [-0.4, -0.2) is 13.1 Å². The van der Waals surface area contributed by atoms with Crippen molar-refractivity contribution in [3.8, 4) is 0 Å². The van der Waals surface area contributed by atoms with Crippen molar-refractivity contribution in [3.63, 3.8) is 0 Å². The average molecular weight is 225 g/mol. The van der Waals surface area contributed by atoms with E-state index in [2.05, 4.69) is 4.74 Å². The van der Waals surface area contributed by atoms with Crippen molar-refractivity contribution in [3.05, 3.63) is 28.9 Å². The third-order valence-corrected chi connectivity index (χ3v) is 3.23. The summed E-state index contributed by atoms with van der Waals surface area (Å²) < 4.78 is 18.3. The number of fused-ring (bicyclic) bond motifs is 1. The van der Waals surface area contributed by atoms with E-state index in [1.54, 1.807) is 6.07 Å². The van der Waals surface area contributed by atoms with Crippen LogP contribution < -0.4 is 5.73 Å². The standard InChI is InChI=1S/C10H8FNO2S/c1-14-10(13)9-8(12)6-4-5(11)2-3-7(6)15-9/h2-4H,12H2,1H3. The number of ether oxygens (including phenoxy) is 1. The fourth-order valence-electron chi connectivity index (χ4n) is 1.33. The minimum absolute atomic E-state index is 0.279. The molecule has 1 aromatic carbocycles.